The molecule has 21 heavy (non-hydrogen) atoms. The number of carbonyl (C=O) groups excluding carboxylic acids is 1. The first-order valence-corrected chi connectivity index (χ1v) is 6.54. The van der Waals surface area contributed by atoms with Crippen LogP contribution in [-0.2, 0) is 0 Å². The molecular formula is C14H10ClN3O3. The summed E-state index contributed by atoms with van der Waals surface area (Å²) in [5.41, 5.74) is 1.66. The summed E-state index contributed by atoms with van der Waals surface area (Å²) in [6, 6.07) is 11.0. The normalized spacial score (nSPS) is 16.6. The molecule has 6 nitrogen and oxygen atoms in total. The van der Waals surface area contributed by atoms with Crippen molar-refractivity contribution in [3.63, 3.8) is 0 Å². The number of hydrogen-bond donors (Lipinski definition) is 2. The van der Waals surface area contributed by atoms with Crippen LogP contribution in [0, 0.1) is 10.1 Å². The molecule has 106 valence electrons. The van der Waals surface area contributed by atoms with Gasteiger partial charge in [0.2, 0.25) is 0 Å². The minimum atomic E-state index is -0.539. The Morgan fingerprint density at radius 2 is 1.95 bits per heavy atom. The van der Waals surface area contributed by atoms with Crippen molar-refractivity contribution in [2.45, 2.75) is 6.17 Å². The first kappa shape index (κ1) is 13.4. The molecule has 1 heterocycles. The van der Waals surface area contributed by atoms with Crippen LogP contribution in [0.25, 0.3) is 0 Å². The van der Waals surface area contributed by atoms with Gasteiger partial charge in [0.15, 0.2) is 0 Å². The molecule has 0 radical (unpaired) electrons. The fraction of sp³-hybridized carbons (Fsp3) is 0.0714. The van der Waals surface area contributed by atoms with Crippen LogP contribution < -0.4 is 10.6 Å². The van der Waals surface area contributed by atoms with Gasteiger partial charge in [0.1, 0.15) is 6.17 Å². The second-order valence-corrected chi connectivity index (χ2v) is 5.03. The van der Waals surface area contributed by atoms with Crippen LogP contribution in [-0.4, -0.2) is 10.8 Å². The second-order valence-electron chi connectivity index (χ2n) is 4.59. The lowest BCUT2D eigenvalue weighted by molar-refractivity contribution is -0.384. The van der Waals surface area contributed by atoms with E-state index in [9.17, 15) is 14.9 Å². The Labute approximate surface area is 124 Å². The lowest BCUT2D eigenvalue weighted by Gasteiger charge is -2.28. The van der Waals surface area contributed by atoms with Gasteiger partial charge in [0.25, 0.3) is 11.6 Å². The topological polar surface area (TPSA) is 84.3 Å². The van der Waals surface area contributed by atoms with Crippen LogP contribution >= 0.6 is 11.6 Å². The van der Waals surface area contributed by atoms with E-state index in [0.29, 0.717) is 21.8 Å². The molecule has 3 rings (SSSR count). The number of halogens is 1. The highest BCUT2D eigenvalue weighted by Gasteiger charge is 2.25. The molecular weight excluding hydrogens is 294 g/mol. The van der Waals surface area contributed by atoms with E-state index in [4.69, 9.17) is 11.6 Å². The van der Waals surface area contributed by atoms with E-state index in [0.717, 1.165) is 0 Å². The summed E-state index contributed by atoms with van der Waals surface area (Å²) in [5, 5.41) is 17.2. The van der Waals surface area contributed by atoms with E-state index in [-0.39, 0.29) is 11.6 Å². The van der Waals surface area contributed by atoms with Gasteiger partial charge in [0, 0.05) is 22.7 Å². The molecule has 0 fully saturated rings. The number of benzene rings is 2. The van der Waals surface area contributed by atoms with E-state index in [1.165, 1.54) is 12.1 Å². The number of fused-ring (bicyclic) bond motifs is 1. The minimum absolute atomic E-state index is 0.0274. The first-order valence-electron chi connectivity index (χ1n) is 6.16. The van der Waals surface area contributed by atoms with Crippen molar-refractivity contribution in [1.29, 1.82) is 0 Å². The number of non-ortho nitro benzene ring substituents is 1. The summed E-state index contributed by atoms with van der Waals surface area (Å²) >= 11 is 5.92. The molecule has 1 amide bonds. The number of amides is 1. The quantitative estimate of drug-likeness (QED) is 0.659. The summed E-state index contributed by atoms with van der Waals surface area (Å²) in [5.74, 6) is -0.253. The van der Waals surface area contributed by atoms with Gasteiger partial charge in [-0.15, -0.1) is 0 Å². The highest BCUT2D eigenvalue weighted by Crippen LogP contribution is 2.29. The number of anilines is 1. The Morgan fingerprint density at radius 3 is 2.71 bits per heavy atom. The number of nitrogens with one attached hydrogen (secondary N) is 2. The number of nitro groups is 1. The van der Waals surface area contributed by atoms with Crippen LogP contribution in [0.15, 0.2) is 42.5 Å². The van der Waals surface area contributed by atoms with Gasteiger partial charge in [-0.05, 0) is 18.2 Å². The van der Waals surface area contributed by atoms with E-state index in [1.54, 1.807) is 30.3 Å². The zero-order chi connectivity index (χ0) is 15.0. The van der Waals surface area contributed by atoms with Crippen LogP contribution in [0.1, 0.15) is 22.1 Å². The van der Waals surface area contributed by atoms with Gasteiger partial charge >= 0.3 is 0 Å². The summed E-state index contributed by atoms with van der Waals surface area (Å²) in [4.78, 5) is 22.4. The molecule has 0 aliphatic carbocycles. The van der Waals surface area contributed by atoms with Crippen LogP contribution in [0.3, 0.4) is 0 Å². The number of nitrogens with zero attached hydrogens (tertiary/aromatic N) is 1. The molecule has 7 heteroatoms. The van der Waals surface area contributed by atoms with Gasteiger partial charge in [-0.1, -0.05) is 23.7 Å². The molecule has 0 bridgehead atoms. The highest BCUT2D eigenvalue weighted by molar-refractivity contribution is 6.31. The van der Waals surface area contributed by atoms with Gasteiger partial charge < -0.3 is 10.6 Å². The van der Waals surface area contributed by atoms with Crippen molar-refractivity contribution in [3.8, 4) is 0 Å². The molecule has 1 aliphatic rings. The molecule has 0 spiro atoms. The van der Waals surface area contributed by atoms with Crippen LogP contribution in [0.2, 0.25) is 5.02 Å². The molecule has 2 N–H and O–H groups in total. The molecule has 1 aliphatic heterocycles. The SMILES string of the molecule is O=C1NC(c2cccc([N+](=O)[O-])c2)Nc2cc(Cl)ccc21. The van der Waals surface area contributed by atoms with Gasteiger partial charge in [-0.3, -0.25) is 14.9 Å². The smallest absolute Gasteiger partial charge is 0.269 e. The van der Waals surface area contributed by atoms with Crippen molar-refractivity contribution in [3.05, 3.63) is 68.7 Å². The number of hydrogen-bond acceptors (Lipinski definition) is 4. The lowest BCUT2D eigenvalue weighted by Crippen LogP contribution is -2.38. The summed E-state index contributed by atoms with van der Waals surface area (Å²) in [7, 11) is 0. The average Bonchev–Trinajstić information content (AvgIpc) is 2.46. The largest absolute Gasteiger partial charge is 0.361 e. The maximum Gasteiger partial charge on any atom is 0.269 e. The number of nitro benzene ring substituents is 1. The molecule has 1 unspecified atom stereocenters. The van der Waals surface area contributed by atoms with Crippen molar-refractivity contribution in [1.82, 2.24) is 5.32 Å². The Hall–Kier alpha value is -2.60. The molecule has 0 saturated heterocycles. The fourth-order valence-electron chi connectivity index (χ4n) is 2.22. The Morgan fingerprint density at radius 1 is 1.14 bits per heavy atom. The summed E-state index contributed by atoms with van der Waals surface area (Å²) in [6.07, 6.45) is -0.539. The predicted molar refractivity (Wildman–Crippen MR) is 78.4 cm³/mol. The summed E-state index contributed by atoms with van der Waals surface area (Å²) in [6.45, 7) is 0. The van der Waals surface area contributed by atoms with Crippen molar-refractivity contribution < 1.29 is 9.72 Å². The van der Waals surface area contributed by atoms with E-state index in [2.05, 4.69) is 10.6 Å². The average molecular weight is 304 g/mol. The Balaban J connectivity index is 1.97. The van der Waals surface area contributed by atoms with E-state index in [1.807, 2.05) is 0 Å². The molecule has 1 atom stereocenters. The van der Waals surface area contributed by atoms with Crippen molar-refractivity contribution in [2.24, 2.45) is 0 Å². The maximum absolute atomic E-state index is 12.1. The predicted octanol–water partition coefficient (Wildman–Crippen LogP) is 3.10. The third-order valence-electron chi connectivity index (χ3n) is 3.22. The van der Waals surface area contributed by atoms with Gasteiger partial charge in [-0.2, -0.15) is 0 Å². The zero-order valence-electron chi connectivity index (χ0n) is 10.7. The van der Waals surface area contributed by atoms with E-state index >= 15 is 0 Å². The van der Waals surface area contributed by atoms with Crippen LogP contribution in [0.5, 0.6) is 0 Å². The first-order chi connectivity index (χ1) is 10.0. The zero-order valence-corrected chi connectivity index (χ0v) is 11.4. The molecule has 0 aromatic heterocycles. The summed E-state index contributed by atoms with van der Waals surface area (Å²) < 4.78 is 0. The van der Waals surface area contributed by atoms with E-state index < -0.39 is 11.1 Å². The third kappa shape index (κ3) is 2.53. The standard InChI is InChI=1S/C14H10ClN3O3/c15-9-4-5-11-12(7-9)16-13(17-14(11)19)8-2-1-3-10(6-8)18(20)21/h1-7,13,16H,(H,17,19). The molecule has 2 aromatic carbocycles. The fourth-order valence-corrected chi connectivity index (χ4v) is 2.39. The molecule has 2 aromatic rings. The Kier molecular flexibility index (Phi) is 3.23. The number of rotatable bonds is 2. The highest BCUT2D eigenvalue weighted by atomic mass is 35.5. The monoisotopic (exact) mass is 303 g/mol. The minimum Gasteiger partial charge on any atom is -0.361 e. The maximum atomic E-state index is 12.1. The molecule has 0 saturated carbocycles. The third-order valence-corrected chi connectivity index (χ3v) is 3.45. The number of carbonyl (C=O) groups is 1. The second kappa shape index (κ2) is 5.06. The Bertz CT molecular complexity index is 748. The van der Waals surface area contributed by atoms with Gasteiger partial charge in [-0.25, -0.2) is 0 Å². The lowest BCUT2D eigenvalue weighted by atomic mass is 10.1. The van der Waals surface area contributed by atoms with Gasteiger partial charge in [0.05, 0.1) is 16.2 Å². The van der Waals surface area contributed by atoms with Crippen molar-refractivity contribution in [2.75, 3.05) is 5.32 Å². The van der Waals surface area contributed by atoms with Crippen LogP contribution in [0.4, 0.5) is 11.4 Å². The van der Waals surface area contributed by atoms with Crippen molar-refractivity contribution >= 4 is 28.9 Å².